The van der Waals surface area contributed by atoms with Gasteiger partial charge in [0.2, 0.25) is 0 Å². The van der Waals surface area contributed by atoms with Crippen LogP contribution in [0.15, 0.2) is 48.6 Å². The van der Waals surface area contributed by atoms with Crippen LogP contribution in [-0.2, 0) is 17.4 Å². The zero-order chi connectivity index (χ0) is 35.9. The molecule has 2 aromatic rings. The van der Waals surface area contributed by atoms with E-state index >= 15 is 0 Å². The molecule has 1 amide bonds. The molecular formula is C41H61ClN4O3S. The number of ether oxygens (including phenoxy) is 1. The van der Waals surface area contributed by atoms with Crippen molar-refractivity contribution in [2.45, 2.75) is 104 Å². The summed E-state index contributed by atoms with van der Waals surface area (Å²) in [5.74, 6) is 2.29. The van der Waals surface area contributed by atoms with Gasteiger partial charge in [-0.15, -0.1) is 0 Å². The van der Waals surface area contributed by atoms with Gasteiger partial charge in [0.1, 0.15) is 16.7 Å². The minimum absolute atomic E-state index is 0.153. The zero-order valence-corrected chi connectivity index (χ0v) is 33.1. The Kier molecular flexibility index (Phi) is 13.9. The third-order valence-electron chi connectivity index (χ3n) is 11.1. The van der Waals surface area contributed by atoms with Crippen molar-refractivity contribution in [3.8, 4) is 5.75 Å². The Hall–Kier alpha value is -2.39. The summed E-state index contributed by atoms with van der Waals surface area (Å²) in [4.78, 5) is 21.1. The van der Waals surface area contributed by atoms with Crippen LogP contribution in [0.25, 0.3) is 0 Å². The van der Waals surface area contributed by atoms with E-state index in [1.807, 2.05) is 32.0 Å². The van der Waals surface area contributed by atoms with Crippen LogP contribution in [-0.4, -0.2) is 83.1 Å². The molecule has 6 atom stereocenters. The quantitative estimate of drug-likeness (QED) is 0.199. The van der Waals surface area contributed by atoms with Gasteiger partial charge in [0, 0.05) is 73.1 Å². The van der Waals surface area contributed by atoms with E-state index in [0.29, 0.717) is 42.0 Å². The van der Waals surface area contributed by atoms with E-state index in [2.05, 4.69) is 78.3 Å². The minimum Gasteiger partial charge on any atom is -0.491 e. The summed E-state index contributed by atoms with van der Waals surface area (Å²) in [6.45, 7) is 21.9. The highest BCUT2D eigenvalue weighted by atomic mass is 35.5. The van der Waals surface area contributed by atoms with Gasteiger partial charge in [-0.3, -0.25) is 19.3 Å². The van der Waals surface area contributed by atoms with Gasteiger partial charge < -0.3 is 9.64 Å². The summed E-state index contributed by atoms with van der Waals surface area (Å²) in [6.07, 6.45) is 10.4. The van der Waals surface area contributed by atoms with E-state index in [1.165, 1.54) is 24.0 Å². The number of halogens is 1. The highest BCUT2D eigenvalue weighted by Crippen LogP contribution is 2.44. The number of carbonyl (C=O) groups is 1. The number of allylic oxidation sites excluding steroid dienone is 1. The van der Waals surface area contributed by atoms with Crippen LogP contribution in [0.1, 0.15) is 102 Å². The summed E-state index contributed by atoms with van der Waals surface area (Å²) < 4.78 is 21.8. The maximum Gasteiger partial charge on any atom is 0.263 e. The predicted molar refractivity (Wildman–Crippen MR) is 210 cm³/mol. The van der Waals surface area contributed by atoms with E-state index in [0.717, 1.165) is 75.0 Å². The Morgan fingerprint density at radius 1 is 1.08 bits per heavy atom. The lowest BCUT2D eigenvalue weighted by molar-refractivity contribution is 0.0361. The van der Waals surface area contributed by atoms with Crippen molar-refractivity contribution in [2.75, 3.05) is 50.8 Å². The molecule has 1 saturated carbocycles. The third kappa shape index (κ3) is 9.53. The number of carbonyl (C=O) groups excluding carboxylic acids is 1. The van der Waals surface area contributed by atoms with E-state index in [9.17, 15) is 9.00 Å². The molecule has 3 aliphatic rings. The van der Waals surface area contributed by atoms with Crippen molar-refractivity contribution in [1.82, 2.24) is 14.5 Å². The van der Waals surface area contributed by atoms with Crippen LogP contribution in [0.2, 0.25) is 5.02 Å². The number of nitrogens with one attached hydrogen (secondary N) is 1. The number of nitrogens with zero attached hydrogens (tertiary/aromatic N) is 3. The summed E-state index contributed by atoms with van der Waals surface area (Å²) in [7, 11) is -1.45. The van der Waals surface area contributed by atoms with Crippen molar-refractivity contribution < 1.29 is 13.7 Å². The average Bonchev–Trinajstić information content (AvgIpc) is 3.24. The first-order chi connectivity index (χ1) is 24.0. The number of rotatable bonds is 14. The van der Waals surface area contributed by atoms with E-state index < -0.39 is 11.0 Å². The van der Waals surface area contributed by atoms with Crippen molar-refractivity contribution >= 4 is 34.2 Å². The van der Waals surface area contributed by atoms with Gasteiger partial charge in [0.05, 0.1) is 12.3 Å². The molecule has 7 nitrogen and oxygen atoms in total. The monoisotopic (exact) mass is 724 g/mol. The molecule has 9 heteroatoms. The van der Waals surface area contributed by atoms with Gasteiger partial charge in [-0.05, 0) is 120 Å². The first kappa shape index (κ1) is 38.8. The maximum atomic E-state index is 13.3. The average molecular weight is 725 g/mol. The number of hydrogen-bond acceptors (Lipinski definition) is 6. The van der Waals surface area contributed by atoms with Crippen LogP contribution in [0, 0.1) is 17.8 Å². The lowest BCUT2D eigenvalue weighted by atomic mass is 9.66. The molecule has 5 rings (SSSR count). The smallest absolute Gasteiger partial charge is 0.263 e. The highest BCUT2D eigenvalue weighted by Gasteiger charge is 2.40. The number of benzene rings is 2. The number of amides is 1. The molecule has 2 aliphatic heterocycles. The van der Waals surface area contributed by atoms with Gasteiger partial charge in [-0.2, -0.15) is 0 Å². The van der Waals surface area contributed by atoms with Crippen LogP contribution >= 0.6 is 11.6 Å². The number of hydrogen-bond donors (Lipinski definition) is 1. The molecular weight excluding hydrogens is 664 g/mol. The third-order valence-corrected chi connectivity index (χ3v) is 12.6. The largest absolute Gasteiger partial charge is 0.491 e. The molecule has 2 fully saturated rings. The lowest BCUT2D eigenvalue weighted by Crippen LogP contribution is -2.55. The van der Waals surface area contributed by atoms with E-state index in [4.69, 9.17) is 16.3 Å². The second kappa shape index (κ2) is 17.9. The van der Waals surface area contributed by atoms with E-state index in [-0.39, 0.29) is 17.1 Å². The van der Waals surface area contributed by atoms with Crippen LogP contribution in [0.5, 0.6) is 5.75 Å². The number of aryl methyl sites for hydroxylation is 1. The summed E-state index contributed by atoms with van der Waals surface area (Å²) in [6, 6.07) is 13.1. The topological polar surface area (TPSA) is 65.1 Å². The normalized spacial score (nSPS) is 24.5. The highest BCUT2D eigenvalue weighted by molar-refractivity contribution is 7.84. The number of anilines is 1. The van der Waals surface area contributed by atoms with Gasteiger partial charge in [-0.1, -0.05) is 50.1 Å². The number of piperazine rings is 1. The fourth-order valence-corrected chi connectivity index (χ4v) is 9.05. The molecule has 1 aliphatic carbocycles. The molecule has 0 radical (unpaired) electrons. The maximum absolute atomic E-state index is 13.3. The Morgan fingerprint density at radius 3 is 2.54 bits per heavy atom. The first-order valence-electron chi connectivity index (χ1n) is 19.1. The summed E-state index contributed by atoms with van der Waals surface area (Å²) in [5, 5.41) is 0.606. The first-order valence-corrected chi connectivity index (χ1v) is 20.7. The zero-order valence-electron chi connectivity index (χ0n) is 31.5. The second-order valence-electron chi connectivity index (χ2n) is 15.4. The van der Waals surface area contributed by atoms with Crippen molar-refractivity contribution in [3.63, 3.8) is 0 Å². The summed E-state index contributed by atoms with van der Waals surface area (Å²) in [5.41, 5.74) is 4.04. The molecule has 2 aromatic carbocycles. The fourth-order valence-electron chi connectivity index (χ4n) is 8.32. The standard InChI is InChI=1S/C41H61ClN4O3S/c1-8-10-12-33(24-44-19-20-46(28(3)4)30(7)23-44)38-16-13-34(38)25-45-26-35(37-17-15-36(42)21-31(37)11-9-2)27-49-40-18-14-32(22-39(40)45)41(47)43-50(48)29(5)6/h10,12,14-15,17-18,21-22,28-30,33-35,38H,8-9,11,13,16,19-20,23-27H2,1-7H3,(H,43,47)/b12-10+. The van der Waals surface area contributed by atoms with Crippen molar-refractivity contribution in [1.29, 1.82) is 0 Å². The number of fused-ring (bicyclic) bond motifs is 1. The van der Waals surface area contributed by atoms with E-state index in [1.54, 1.807) is 6.07 Å². The molecule has 6 unspecified atom stereocenters. The van der Waals surface area contributed by atoms with Gasteiger partial charge in [0.15, 0.2) is 0 Å². The Labute approximate surface area is 309 Å². The van der Waals surface area contributed by atoms with Gasteiger partial charge >= 0.3 is 0 Å². The van der Waals surface area contributed by atoms with Crippen molar-refractivity contribution in [3.05, 3.63) is 70.3 Å². The Morgan fingerprint density at radius 2 is 1.88 bits per heavy atom. The van der Waals surface area contributed by atoms with Gasteiger partial charge in [-0.25, -0.2) is 4.21 Å². The molecule has 276 valence electrons. The van der Waals surface area contributed by atoms with Crippen molar-refractivity contribution in [2.24, 2.45) is 17.8 Å². The lowest BCUT2D eigenvalue weighted by Gasteiger charge is -2.47. The Bertz CT molecular complexity index is 1500. The predicted octanol–water partition coefficient (Wildman–Crippen LogP) is 8.10. The van der Waals surface area contributed by atoms with Crippen LogP contribution in [0.3, 0.4) is 0 Å². The Balaban J connectivity index is 1.42. The molecule has 0 spiro atoms. The molecule has 0 bridgehead atoms. The van der Waals surface area contributed by atoms with Crippen LogP contribution in [0.4, 0.5) is 5.69 Å². The van der Waals surface area contributed by atoms with Crippen LogP contribution < -0.4 is 14.4 Å². The molecule has 0 aromatic heterocycles. The summed E-state index contributed by atoms with van der Waals surface area (Å²) >= 11 is 6.49. The van der Waals surface area contributed by atoms with Gasteiger partial charge in [0.25, 0.3) is 5.91 Å². The molecule has 2 heterocycles. The molecule has 50 heavy (non-hydrogen) atoms. The fraction of sp³-hybridized carbons (Fsp3) is 0.634. The second-order valence-corrected chi connectivity index (χ2v) is 17.6. The molecule has 1 N–H and O–H groups in total. The molecule has 1 saturated heterocycles. The minimum atomic E-state index is -1.45. The SMILES string of the molecule is CC/C=C/C(CN1CCN(C(C)C)C(C)C1)C1CCC1CN1CC(c2ccc(Cl)cc2CCC)COc2ccc(C(=O)NS(=O)C(C)C)cc21.